The van der Waals surface area contributed by atoms with Crippen molar-refractivity contribution in [2.75, 3.05) is 0 Å². The minimum atomic E-state index is -0.109. The Bertz CT molecular complexity index is 753. The van der Waals surface area contributed by atoms with E-state index in [1.54, 1.807) is 17.1 Å². The van der Waals surface area contributed by atoms with Gasteiger partial charge < -0.3 is 5.32 Å². The van der Waals surface area contributed by atoms with Crippen LogP contribution in [0.3, 0.4) is 0 Å². The van der Waals surface area contributed by atoms with Crippen molar-refractivity contribution in [3.63, 3.8) is 0 Å². The van der Waals surface area contributed by atoms with Gasteiger partial charge in [-0.15, -0.1) is 5.10 Å². The van der Waals surface area contributed by atoms with Gasteiger partial charge in [-0.05, 0) is 30.7 Å². The number of rotatable bonds is 4. The van der Waals surface area contributed by atoms with Crippen LogP contribution in [0.25, 0.3) is 11.0 Å². The second-order valence-corrected chi connectivity index (χ2v) is 4.81. The van der Waals surface area contributed by atoms with E-state index < -0.39 is 0 Å². The van der Waals surface area contributed by atoms with E-state index in [1.807, 2.05) is 43.3 Å². The number of hydrogen-bond donors (Lipinski definition) is 1. The number of amides is 1. The summed E-state index contributed by atoms with van der Waals surface area (Å²) in [5.41, 5.74) is 2.60. The number of aromatic nitrogens is 4. The van der Waals surface area contributed by atoms with Crippen molar-refractivity contribution in [2.24, 2.45) is 0 Å². The molecule has 0 spiro atoms. The van der Waals surface area contributed by atoms with Crippen molar-refractivity contribution < 1.29 is 4.79 Å². The number of carbonyl (C=O) groups is 1. The lowest BCUT2D eigenvalue weighted by atomic mass is 10.1. The number of carbonyl (C=O) groups excluding carboxylic acids is 1. The van der Waals surface area contributed by atoms with E-state index in [1.165, 1.54) is 0 Å². The number of nitrogens with zero attached hydrogens (tertiary/aromatic N) is 4. The molecule has 0 saturated carbocycles. The summed E-state index contributed by atoms with van der Waals surface area (Å²) in [6.45, 7) is 2.07. The Morgan fingerprint density at radius 1 is 1.29 bits per heavy atom. The lowest BCUT2D eigenvalue weighted by molar-refractivity contribution is -0.122. The van der Waals surface area contributed by atoms with Crippen molar-refractivity contribution >= 4 is 16.9 Å². The third kappa shape index (κ3) is 2.89. The Labute approximate surface area is 121 Å². The van der Waals surface area contributed by atoms with Gasteiger partial charge in [0.1, 0.15) is 12.1 Å². The van der Waals surface area contributed by atoms with E-state index in [-0.39, 0.29) is 18.5 Å². The molecule has 3 aromatic rings. The van der Waals surface area contributed by atoms with Crippen LogP contribution in [0, 0.1) is 0 Å². The predicted molar refractivity (Wildman–Crippen MR) is 78.3 cm³/mol. The van der Waals surface area contributed by atoms with Crippen LogP contribution in [0.15, 0.2) is 48.8 Å². The fourth-order valence-corrected chi connectivity index (χ4v) is 2.17. The molecule has 21 heavy (non-hydrogen) atoms. The standard InChI is InChI=1S/C15H15N5O/c1-11(12-5-4-8-16-9-12)17-15(21)10-20-14-7-3-2-6-13(14)18-19-20/h2-9,11H,10H2,1H3,(H,17,21). The van der Waals surface area contributed by atoms with Crippen LogP contribution >= 0.6 is 0 Å². The van der Waals surface area contributed by atoms with Gasteiger partial charge in [0.15, 0.2) is 0 Å². The van der Waals surface area contributed by atoms with Crippen LogP contribution in [0.4, 0.5) is 0 Å². The monoisotopic (exact) mass is 281 g/mol. The van der Waals surface area contributed by atoms with Crippen LogP contribution in [0.5, 0.6) is 0 Å². The molecule has 2 heterocycles. The Balaban J connectivity index is 1.69. The number of fused-ring (bicyclic) bond motifs is 1. The van der Waals surface area contributed by atoms with E-state index in [0.29, 0.717) is 0 Å². The summed E-state index contributed by atoms with van der Waals surface area (Å²) in [4.78, 5) is 16.2. The highest BCUT2D eigenvalue weighted by molar-refractivity contribution is 5.79. The minimum absolute atomic E-state index is 0.0963. The second kappa shape index (κ2) is 5.70. The highest BCUT2D eigenvalue weighted by Gasteiger charge is 2.12. The van der Waals surface area contributed by atoms with Gasteiger partial charge >= 0.3 is 0 Å². The van der Waals surface area contributed by atoms with Crippen LogP contribution in [-0.2, 0) is 11.3 Å². The fraction of sp³-hybridized carbons (Fsp3) is 0.200. The summed E-state index contributed by atoms with van der Waals surface area (Å²) >= 11 is 0. The molecule has 1 aromatic carbocycles. The molecule has 0 fully saturated rings. The molecule has 1 atom stereocenters. The summed E-state index contributed by atoms with van der Waals surface area (Å²) < 4.78 is 1.60. The molecule has 1 N–H and O–H groups in total. The van der Waals surface area contributed by atoms with Gasteiger partial charge in [0.25, 0.3) is 0 Å². The highest BCUT2D eigenvalue weighted by Crippen LogP contribution is 2.11. The van der Waals surface area contributed by atoms with Crippen molar-refractivity contribution in [1.82, 2.24) is 25.3 Å². The maximum Gasteiger partial charge on any atom is 0.242 e. The van der Waals surface area contributed by atoms with Gasteiger partial charge in [-0.25, -0.2) is 4.68 Å². The van der Waals surface area contributed by atoms with Crippen molar-refractivity contribution in [1.29, 1.82) is 0 Å². The van der Waals surface area contributed by atoms with Gasteiger partial charge in [0.05, 0.1) is 11.6 Å². The SMILES string of the molecule is CC(NC(=O)Cn1nnc2ccccc21)c1cccnc1. The van der Waals surface area contributed by atoms with E-state index in [0.717, 1.165) is 16.6 Å². The summed E-state index contributed by atoms with van der Waals surface area (Å²) in [6.07, 6.45) is 3.45. The molecule has 2 aromatic heterocycles. The van der Waals surface area contributed by atoms with Gasteiger partial charge in [0, 0.05) is 12.4 Å². The van der Waals surface area contributed by atoms with Crippen LogP contribution < -0.4 is 5.32 Å². The van der Waals surface area contributed by atoms with E-state index >= 15 is 0 Å². The number of pyridine rings is 1. The zero-order chi connectivity index (χ0) is 14.7. The first-order chi connectivity index (χ1) is 10.2. The average molecular weight is 281 g/mol. The van der Waals surface area contributed by atoms with Gasteiger partial charge in [-0.2, -0.15) is 0 Å². The first-order valence-corrected chi connectivity index (χ1v) is 6.71. The first kappa shape index (κ1) is 13.2. The molecule has 0 aliphatic carbocycles. The molecule has 6 nitrogen and oxygen atoms in total. The van der Waals surface area contributed by atoms with Crippen LogP contribution in [0.2, 0.25) is 0 Å². The van der Waals surface area contributed by atoms with Gasteiger partial charge in [-0.1, -0.05) is 23.4 Å². The lowest BCUT2D eigenvalue weighted by Crippen LogP contribution is -2.30. The maximum absolute atomic E-state index is 12.1. The van der Waals surface area contributed by atoms with Crippen molar-refractivity contribution in [3.8, 4) is 0 Å². The predicted octanol–water partition coefficient (Wildman–Crippen LogP) is 1.70. The molecule has 0 bridgehead atoms. The molecule has 3 rings (SSSR count). The Morgan fingerprint density at radius 2 is 2.14 bits per heavy atom. The summed E-state index contributed by atoms with van der Waals surface area (Å²) in [5.74, 6) is -0.109. The molecule has 6 heteroatoms. The molecule has 0 aliphatic heterocycles. The Kier molecular flexibility index (Phi) is 3.59. The maximum atomic E-state index is 12.1. The zero-order valence-corrected chi connectivity index (χ0v) is 11.6. The zero-order valence-electron chi connectivity index (χ0n) is 11.6. The molecule has 1 unspecified atom stereocenters. The molecule has 0 radical (unpaired) electrons. The lowest BCUT2D eigenvalue weighted by Gasteiger charge is -2.13. The van der Waals surface area contributed by atoms with E-state index in [9.17, 15) is 4.79 Å². The topological polar surface area (TPSA) is 72.7 Å². The molecule has 0 saturated heterocycles. The second-order valence-electron chi connectivity index (χ2n) is 4.81. The van der Waals surface area contributed by atoms with Gasteiger partial charge in [0.2, 0.25) is 5.91 Å². The summed E-state index contributed by atoms with van der Waals surface area (Å²) in [6, 6.07) is 11.2. The van der Waals surface area contributed by atoms with Crippen LogP contribution in [-0.4, -0.2) is 25.9 Å². The molecule has 0 aliphatic rings. The number of hydrogen-bond acceptors (Lipinski definition) is 4. The first-order valence-electron chi connectivity index (χ1n) is 6.71. The Hall–Kier alpha value is -2.76. The Morgan fingerprint density at radius 3 is 2.95 bits per heavy atom. The minimum Gasteiger partial charge on any atom is -0.348 e. The van der Waals surface area contributed by atoms with Crippen LogP contribution in [0.1, 0.15) is 18.5 Å². The molecule has 1 amide bonds. The van der Waals surface area contributed by atoms with E-state index in [4.69, 9.17) is 0 Å². The smallest absolute Gasteiger partial charge is 0.242 e. The van der Waals surface area contributed by atoms with Crippen molar-refractivity contribution in [3.05, 3.63) is 54.4 Å². The normalized spacial score (nSPS) is 12.2. The highest BCUT2D eigenvalue weighted by atomic mass is 16.2. The quantitative estimate of drug-likeness (QED) is 0.790. The third-order valence-electron chi connectivity index (χ3n) is 3.28. The van der Waals surface area contributed by atoms with Gasteiger partial charge in [-0.3, -0.25) is 9.78 Å². The number of benzene rings is 1. The fourth-order valence-electron chi connectivity index (χ4n) is 2.17. The molecular weight excluding hydrogens is 266 g/mol. The molecular formula is C15H15N5O. The third-order valence-corrected chi connectivity index (χ3v) is 3.28. The number of nitrogens with one attached hydrogen (secondary N) is 1. The molecule has 106 valence electrons. The average Bonchev–Trinajstić information content (AvgIpc) is 2.91. The summed E-state index contributed by atoms with van der Waals surface area (Å²) in [7, 11) is 0. The number of para-hydroxylation sites is 1. The largest absolute Gasteiger partial charge is 0.348 e. The summed E-state index contributed by atoms with van der Waals surface area (Å²) in [5, 5.41) is 11.0. The van der Waals surface area contributed by atoms with Crippen molar-refractivity contribution in [2.45, 2.75) is 19.5 Å². The van der Waals surface area contributed by atoms with E-state index in [2.05, 4.69) is 20.6 Å².